The van der Waals surface area contributed by atoms with Gasteiger partial charge in [0.2, 0.25) is 0 Å². The van der Waals surface area contributed by atoms with Gasteiger partial charge < -0.3 is 9.67 Å². The maximum Gasteiger partial charge on any atom is 0.168 e. The van der Waals surface area contributed by atoms with Gasteiger partial charge in [0.15, 0.2) is 5.16 Å². The topological polar surface area (TPSA) is 38.0 Å². The van der Waals surface area contributed by atoms with Gasteiger partial charge in [0, 0.05) is 6.54 Å². The molecule has 0 spiro atoms. The lowest BCUT2D eigenvalue weighted by atomic mass is 10.3. The van der Waals surface area contributed by atoms with E-state index in [1.807, 2.05) is 35.1 Å². The van der Waals surface area contributed by atoms with E-state index < -0.39 is 0 Å². The molecule has 1 heterocycles. The number of hydrogen-bond donors (Lipinski definition) is 1. The number of aromatic nitrogens is 2. The van der Waals surface area contributed by atoms with Crippen LogP contribution in [0.15, 0.2) is 29.4 Å². The summed E-state index contributed by atoms with van der Waals surface area (Å²) < 4.78 is 2.04. The molecular weight excluding hydrogens is 196 g/mol. The maximum absolute atomic E-state index is 8.96. The van der Waals surface area contributed by atoms with Gasteiger partial charge in [0.25, 0.3) is 0 Å². The SMILES string of the molecule is CSc1nc2ccccc2n1CCO. The van der Waals surface area contributed by atoms with Crippen molar-refractivity contribution in [3.8, 4) is 0 Å². The van der Waals surface area contributed by atoms with Crippen LogP contribution in [0.1, 0.15) is 0 Å². The first kappa shape index (κ1) is 9.55. The van der Waals surface area contributed by atoms with Crippen molar-refractivity contribution in [3.05, 3.63) is 24.3 Å². The van der Waals surface area contributed by atoms with Crippen molar-refractivity contribution in [2.24, 2.45) is 0 Å². The number of aliphatic hydroxyl groups is 1. The number of hydrogen-bond acceptors (Lipinski definition) is 3. The standard InChI is InChI=1S/C10H12N2OS/c1-14-10-11-8-4-2-3-5-9(8)12(10)6-7-13/h2-5,13H,6-7H2,1H3. The Kier molecular flexibility index (Phi) is 2.74. The Morgan fingerprint density at radius 2 is 2.21 bits per heavy atom. The smallest absolute Gasteiger partial charge is 0.168 e. The van der Waals surface area contributed by atoms with Crippen LogP contribution >= 0.6 is 11.8 Å². The van der Waals surface area contributed by atoms with Gasteiger partial charge in [-0.1, -0.05) is 23.9 Å². The molecule has 0 bridgehead atoms. The Balaban J connectivity index is 2.61. The van der Waals surface area contributed by atoms with Crippen LogP contribution in [0.5, 0.6) is 0 Å². The minimum atomic E-state index is 0.147. The summed E-state index contributed by atoms with van der Waals surface area (Å²) in [6.45, 7) is 0.755. The third-order valence-electron chi connectivity index (χ3n) is 2.13. The lowest BCUT2D eigenvalue weighted by Crippen LogP contribution is -2.02. The number of benzene rings is 1. The average Bonchev–Trinajstić information content (AvgIpc) is 2.58. The van der Waals surface area contributed by atoms with Crippen molar-refractivity contribution in [1.82, 2.24) is 9.55 Å². The fourth-order valence-corrected chi connectivity index (χ4v) is 2.12. The summed E-state index contributed by atoms with van der Waals surface area (Å²) in [5.41, 5.74) is 2.08. The molecule has 0 amide bonds. The van der Waals surface area contributed by atoms with Crippen LogP contribution in [-0.2, 0) is 6.54 Å². The molecule has 0 radical (unpaired) electrons. The van der Waals surface area contributed by atoms with Gasteiger partial charge in [-0.2, -0.15) is 0 Å². The molecule has 0 aliphatic rings. The van der Waals surface area contributed by atoms with E-state index in [1.54, 1.807) is 11.8 Å². The van der Waals surface area contributed by atoms with Crippen LogP contribution in [-0.4, -0.2) is 27.5 Å². The van der Waals surface area contributed by atoms with Crippen LogP contribution in [0.3, 0.4) is 0 Å². The van der Waals surface area contributed by atoms with Crippen molar-refractivity contribution in [1.29, 1.82) is 0 Å². The highest BCUT2D eigenvalue weighted by Crippen LogP contribution is 2.21. The van der Waals surface area contributed by atoms with Gasteiger partial charge in [-0.25, -0.2) is 4.98 Å². The molecule has 74 valence electrons. The summed E-state index contributed by atoms with van der Waals surface area (Å²) >= 11 is 1.60. The lowest BCUT2D eigenvalue weighted by Gasteiger charge is -2.03. The third kappa shape index (κ3) is 1.51. The second kappa shape index (κ2) is 4.02. The Labute approximate surface area is 86.8 Å². The summed E-state index contributed by atoms with van der Waals surface area (Å²) in [4.78, 5) is 4.46. The first-order valence-electron chi connectivity index (χ1n) is 4.47. The van der Waals surface area contributed by atoms with E-state index in [9.17, 15) is 0 Å². The van der Waals surface area contributed by atoms with Crippen molar-refractivity contribution in [2.75, 3.05) is 12.9 Å². The summed E-state index contributed by atoms with van der Waals surface area (Å²) in [5, 5.41) is 9.92. The number of aliphatic hydroxyl groups excluding tert-OH is 1. The third-order valence-corrected chi connectivity index (χ3v) is 2.80. The zero-order valence-electron chi connectivity index (χ0n) is 7.97. The number of fused-ring (bicyclic) bond motifs is 1. The van der Waals surface area contributed by atoms with Crippen LogP contribution < -0.4 is 0 Å². The van der Waals surface area contributed by atoms with E-state index in [0.29, 0.717) is 6.54 Å². The molecule has 3 nitrogen and oxygen atoms in total. The van der Waals surface area contributed by atoms with E-state index in [1.165, 1.54) is 0 Å². The number of nitrogens with zero attached hydrogens (tertiary/aromatic N) is 2. The monoisotopic (exact) mass is 208 g/mol. The second-order valence-corrected chi connectivity index (χ2v) is 3.74. The molecule has 0 saturated heterocycles. The quantitative estimate of drug-likeness (QED) is 0.781. The van der Waals surface area contributed by atoms with E-state index >= 15 is 0 Å². The summed E-state index contributed by atoms with van der Waals surface area (Å²) in [6, 6.07) is 7.98. The minimum Gasteiger partial charge on any atom is -0.395 e. The lowest BCUT2D eigenvalue weighted by molar-refractivity contribution is 0.273. The number of imidazole rings is 1. The van der Waals surface area contributed by atoms with Gasteiger partial charge >= 0.3 is 0 Å². The average molecular weight is 208 g/mol. The highest BCUT2D eigenvalue weighted by molar-refractivity contribution is 7.98. The largest absolute Gasteiger partial charge is 0.395 e. The number of thioether (sulfide) groups is 1. The van der Waals surface area contributed by atoms with E-state index in [2.05, 4.69) is 4.98 Å². The maximum atomic E-state index is 8.96. The molecule has 0 fully saturated rings. The molecule has 0 saturated carbocycles. The normalized spacial score (nSPS) is 11.0. The van der Waals surface area contributed by atoms with Gasteiger partial charge in [-0.05, 0) is 18.4 Å². The van der Waals surface area contributed by atoms with Crippen LogP contribution in [0.2, 0.25) is 0 Å². The summed E-state index contributed by atoms with van der Waals surface area (Å²) in [5.74, 6) is 0. The minimum absolute atomic E-state index is 0.147. The Hall–Kier alpha value is -1.00. The Morgan fingerprint density at radius 1 is 1.43 bits per heavy atom. The molecule has 14 heavy (non-hydrogen) atoms. The molecule has 0 aliphatic carbocycles. The molecule has 4 heteroatoms. The number of para-hydroxylation sites is 2. The fraction of sp³-hybridized carbons (Fsp3) is 0.300. The molecular formula is C10H12N2OS. The fourth-order valence-electron chi connectivity index (χ4n) is 1.53. The van der Waals surface area contributed by atoms with Crippen LogP contribution in [0.25, 0.3) is 11.0 Å². The predicted molar refractivity (Wildman–Crippen MR) is 58.6 cm³/mol. The first-order chi connectivity index (χ1) is 6.86. The predicted octanol–water partition coefficient (Wildman–Crippen LogP) is 1.75. The zero-order valence-corrected chi connectivity index (χ0v) is 8.79. The van der Waals surface area contributed by atoms with Gasteiger partial charge in [-0.3, -0.25) is 0 Å². The van der Waals surface area contributed by atoms with Gasteiger partial charge in [0.05, 0.1) is 17.6 Å². The highest BCUT2D eigenvalue weighted by atomic mass is 32.2. The first-order valence-corrected chi connectivity index (χ1v) is 5.69. The van der Waals surface area contributed by atoms with Crippen molar-refractivity contribution < 1.29 is 5.11 Å². The van der Waals surface area contributed by atoms with E-state index in [4.69, 9.17) is 5.11 Å². The molecule has 0 aliphatic heterocycles. The van der Waals surface area contributed by atoms with Crippen molar-refractivity contribution in [3.63, 3.8) is 0 Å². The summed E-state index contributed by atoms with van der Waals surface area (Å²) in [6.07, 6.45) is 2.00. The molecule has 1 aromatic carbocycles. The molecule has 0 atom stereocenters. The molecule has 0 unspecified atom stereocenters. The molecule has 2 rings (SSSR count). The van der Waals surface area contributed by atoms with Gasteiger partial charge in [0.1, 0.15) is 0 Å². The zero-order chi connectivity index (χ0) is 9.97. The van der Waals surface area contributed by atoms with Crippen LogP contribution in [0.4, 0.5) is 0 Å². The van der Waals surface area contributed by atoms with Crippen LogP contribution in [0, 0.1) is 0 Å². The Bertz CT molecular complexity index is 439. The van der Waals surface area contributed by atoms with E-state index in [-0.39, 0.29) is 6.61 Å². The second-order valence-electron chi connectivity index (χ2n) is 2.96. The van der Waals surface area contributed by atoms with Crippen molar-refractivity contribution >= 4 is 22.8 Å². The van der Waals surface area contributed by atoms with Gasteiger partial charge in [-0.15, -0.1) is 0 Å². The highest BCUT2D eigenvalue weighted by Gasteiger charge is 2.07. The number of rotatable bonds is 3. The van der Waals surface area contributed by atoms with E-state index in [0.717, 1.165) is 16.2 Å². The summed E-state index contributed by atoms with van der Waals surface area (Å²) in [7, 11) is 0. The van der Waals surface area contributed by atoms with Crippen molar-refractivity contribution in [2.45, 2.75) is 11.7 Å². The molecule has 2 aromatic rings. The molecule has 1 N–H and O–H groups in total. The molecule has 1 aromatic heterocycles. The Morgan fingerprint density at radius 3 is 2.93 bits per heavy atom.